The Balaban J connectivity index is 1.44. The molecule has 3 fully saturated rings. The molecule has 8 heteroatoms. The molecule has 1 saturated heterocycles. The van der Waals surface area contributed by atoms with Gasteiger partial charge >= 0.3 is 12.0 Å². The Morgan fingerprint density at radius 2 is 1.89 bits per heavy atom. The summed E-state index contributed by atoms with van der Waals surface area (Å²) in [6.07, 6.45) is 5.20. The van der Waals surface area contributed by atoms with Crippen molar-refractivity contribution in [3.8, 4) is 0 Å². The molecule has 0 radical (unpaired) electrons. The lowest BCUT2D eigenvalue weighted by Gasteiger charge is -2.39. The van der Waals surface area contributed by atoms with E-state index in [2.05, 4.69) is 24.5 Å². The predicted octanol–water partition coefficient (Wildman–Crippen LogP) is 1.19. The topological polar surface area (TPSA) is 105 Å². The number of nitrogens with one attached hydrogen (secondary N) is 2. The average Bonchev–Trinajstić information content (AvgIpc) is 3.34. The Kier molecular flexibility index (Phi) is 6.01. The van der Waals surface area contributed by atoms with Crippen LogP contribution in [0.5, 0.6) is 0 Å². The van der Waals surface area contributed by atoms with Crippen molar-refractivity contribution >= 4 is 23.8 Å². The molecule has 0 spiro atoms. The molecule has 150 valence electrons. The second kappa shape index (κ2) is 8.27. The Morgan fingerprint density at radius 1 is 1.15 bits per heavy atom. The lowest BCUT2D eigenvalue weighted by molar-refractivity contribution is -0.152. The number of carbonyl (C=O) groups is 4. The van der Waals surface area contributed by atoms with Gasteiger partial charge in [0.25, 0.3) is 5.91 Å². The molecule has 2 aliphatic carbocycles. The van der Waals surface area contributed by atoms with Gasteiger partial charge in [-0.25, -0.2) is 4.79 Å². The van der Waals surface area contributed by atoms with E-state index in [1.54, 1.807) is 0 Å². The summed E-state index contributed by atoms with van der Waals surface area (Å²) in [5, 5.41) is 4.75. The first-order valence-corrected chi connectivity index (χ1v) is 9.91. The average molecular weight is 379 g/mol. The van der Waals surface area contributed by atoms with Crippen LogP contribution in [0.15, 0.2) is 0 Å². The monoisotopic (exact) mass is 379 g/mol. The number of esters is 1. The third-order valence-corrected chi connectivity index (χ3v) is 6.07. The van der Waals surface area contributed by atoms with E-state index in [-0.39, 0.29) is 24.4 Å². The fraction of sp³-hybridized carbons (Fsp3) is 0.789. The number of carbonyl (C=O) groups excluding carboxylic acids is 4. The van der Waals surface area contributed by atoms with Crippen molar-refractivity contribution in [3.63, 3.8) is 0 Å². The number of hydrogen-bond acceptors (Lipinski definition) is 5. The van der Waals surface area contributed by atoms with Gasteiger partial charge in [0, 0.05) is 25.0 Å². The standard InChI is InChI=1S/C19H29N3O5/c1-11-4-3-5-15(12(11)2)22-9-13(8-17(22)24)18(25)27-10-16(23)21-19(26)20-14-6-7-14/h11-15H,3-10H2,1-2H3,(H2,20,21,23,26)/t11-,12-,13-,15+/m1/s1. The van der Waals surface area contributed by atoms with E-state index < -0.39 is 30.4 Å². The fourth-order valence-electron chi connectivity index (χ4n) is 4.07. The molecular weight excluding hydrogens is 350 g/mol. The van der Waals surface area contributed by atoms with Gasteiger partial charge in [-0.05, 0) is 31.1 Å². The van der Waals surface area contributed by atoms with Gasteiger partial charge in [-0.3, -0.25) is 19.7 Å². The Labute approximate surface area is 159 Å². The predicted molar refractivity (Wildman–Crippen MR) is 96.4 cm³/mol. The van der Waals surface area contributed by atoms with Crippen LogP contribution in [-0.2, 0) is 19.1 Å². The molecule has 0 aromatic carbocycles. The molecule has 3 aliphatic rings. The van der Waals surface area contributed by atoms with Crippen LogP contribution in [0.3, 0.4) is 0 Å². The molecule has 0 aromatic rings. The second-order valence-electron chi connectivity index (χ2n) is 8.19. The van der Waals surface area contributed by atoms with Gasteiger partial charge in [0.1, 0.15) is 0 Å². The summed E-state index contributed by atoms with van der Waals surface area (Å²) in [5.41, 5.74) is 0. The zero-order chi connectivity index (χ0) is 19.6. The molecular formula is C19H29N3O5. The van der Waals surface area contributed by atoms with Crippen molar-refractivity contribution in [2.24, 2.45) is 17.8 Å². The molecule has 2 saturated carbocycles. The zero-order valence-electron chi connectivity index (χ0n) is 16.0. The molecule has 4 amide bonds. The second-order valence-corrected chi connectivity index (χ2v) is 8.19. The lowest BCUT2D eigenvalue weighted by Crippen LogP contribution is -2.45. The summed E-state index contributed by atoms with van der Waals surface area (Å²) in [5.74, 6) is -0.815. The molecule has 2 N–H and O–H groups in total. The number of likely N-dealkylation sites (tertiary alicyclic amines) is 1. The third-order valence-electron chi connectivity index (χ3n) is 6.07. The van der Waals surface area contributed by atoms with Crippen molar-refractivity contribution in [3.05, 3.63) is 0 Å². The molecule has 27 heavy (non-hydrogen) atoms. The molecule has 0 unspecified atom stereocenters. The normalized spacial score (nSPS) is 30.7. The largest absolute Gasteiger partial charge is 0.455 e. The third kappa shape index (κ3) is 4.99. The number of urea groups is 1. The maximum atomic E-state index is 12.4. The first kappa shape index (κ1) is 19.6. The van der Waals surface area contributed by atoms with Crippen LogP contribution in [-0.4, -0.2) is 54.0 Å². The highest BCUT2D eigenvalue weighted by Gasteiger charge is 2.42. The summed E-state index contributed by atoms with van der Waals surface area (Å²) in [6, 6.07) is -0.254. The van der Waals surface area contributed by atoms with Crippen LogP contribution in [0, 0.1) is 17.8 Å². The summed E-state index contributed by atoms with van der Waals surface area (Å²) in [6.45, 7) is 4.22. The number of rotatable bonds is 5. The fourth-order valence-corrected chi connectivity index (χ4v) is 4.07. The summed E-state index contributed by atoms with van der Waals surface area (Å²) < 4.78 is 5.03. The summed E-state index contributed by atoms with van der Waals surface area (Å²) in [7, 11) is 0. The van der Waals surface area contributed by atoms with Crippen LogP contribution >= 0.6 is 0 Å². The van der Waals surface area contributed by atoms with Gasteiger partial charge in [0.15, 0.2) is 6.61 Å². The maximum Gasteiger partial charge on any atom is 0.321 e. The highest BCUT2D eigenvalue weighted by Crippen LogP contribution is 2.35. The minimum Gasteiger partial charge on any atom is -0.455 e. The first-order valence-electron chi connectivity index (χ1n) is 9.91. The van der Waals surface area contributed by atoms with Gasteiger partial charge in [0.2, 0.25) is 5.91 Å². The number of hydrogen-bond donors (Lipinski definition) is 2. The highest BCUT2D eigenvalue weighted by molar-refractivity contribution is 5.96. The van der Waals surface area contributed by atoms with E-state index in [1.165, 1.54) is 6.42 Å². The van der Waals surface area contributed by atoms with Gasteiger partial charge in [-0.2, -0.15) is 0 Å². The van der Waals surface area contributed by atoms with E-state index in [0.29, 0.717) is 18.4 Å². The molecule has 3 rings (SSSR count). The number of amides is 4. The van der Waals surface area contributed by atoms with Gasteiger partial charge < -0.3 is 15.0 Å². The van der Waals surface area contributed by atoms with Crippen molar-refractivity contribution in [2.75, 3.05) is 13.2 Å². The summed E-state index contributed by atoms with van der Waals surface area (Å²) >= 11 is 0. The van der Waals surface area contributed by atoms with E-state index in [1.807, 2.05) is 4.90 Å². The molecule has 0 aromatic heterocycles. The number of imide groups is 1. The molecule has 1 aliphatic heterocycles. The smallest absolute Gasteiger partial charge is 0.321 e. The van der Waals surface area contributed by atoms with Crippen molar-refractivity contribution in [1.29, 1.82) is 0 Å². The van der Waals surface area contributed by atoms with E-state index >= 15 is 0 Å². The van der Waals surface area contributed by atoms with Gasteiger partial charge in [-0.15, -0.1) is 0 Å². The zero-order valence-corrected chi connectivity index (χ0v) is 16.0. The lowest BCUT2D eigenvalue weighted by atomic mass is 9.77. The Morgan fingerprint density at radius 3 is 2.59 bits per heavy atom. The minimum absolute atomic E-state index is 0.0174. The highest BCUT2D eigenvalue weighted by atomic mass is 16.5. The van der Waals surface area contributed by atoms with Crippen LogP contribution in [0.2, 0.25) is 0 Å². The molecule has 8 nitrogen and oxygen atoms in total. The van der Waals surface area contributed by atoms with Crippen molar-refractivity contribution in [2.45, 2.75) is 64.5 Å². The van der Waals surface area contributed by atoms with Gasteiger partial charge in [0.05, 0.1) is 5.92 Å². The van der Waals surface area contributed by atoms with Crippen LogP contribution in [0.4, 0.5) is 4.79 Å². The first-order chi connectivity index (χ1) is 12.8. The Hall–Kier alpha value is -2.12. The van der Waals surface area contributed by atoms with E-state index in [4.69, 9.17) is 4.74 Å². The SMILES string of the molecule is C[C@@H]1[C@H](C)CCC[C@@H]1N1C[C@H](C(=O)OCC(=O)NC(=O)NC2CC2)CC1=O. The van der Waals surface area contributed by atoms with E-state index in [0.717, 1.165) is 25.7 Å². The minimum atomic E-state index is -0.669. The van der Waals surface area contributed by atoms with E-state index in [9.17, 15) is 19.2 Å². The van der Waals surface area contributed by atoms with Crippen molar-refractivity contribution in [1.82, 2.24) is 15.5 Å². The number of ether oxygens (including phenoxy) is 1. The summed E-state index contributed by atoms with van der Waals surface area (Å²) in [4.78, 5) is 49.7. The van der Waals surface area contributed by atoms with Crippen LogP contribution in [0.1, 0.15) is 52.4 Å². The molecule has 1 heterocycles. The quantitative estimate of drug-likeness (QED) is 0.698. The van der Waals surface area contributed by atoms with Crippen molar-refractivity contribution < 1.29 is 23.9 Å². The van der Waals surface area contributed by atoms with Gasteiger partial charge in [-0.1, -0.05) is 26.7 Å². The van der Waals surface area contributed by atoms with Crippen LogP contribution < -0.4 is 10.6 Å². The Bertz CT molecular complexity index is 618. The maximum absolute atomic E-state index is 12.4. The van der Waals surface area contributed by atoms with Crippen LogP contribution in [0.25, 0.3) is 0 Å². The molecule has 4 atom stereocenters. The number of nitrogens with zero attached hydrogens (tertiary/aromatic N) is 1. The molecule has 0 bridgehead atoms.